The molecule has 2 aromatic carbocycles. The number of thioether (sulfide) groups is 1. The van der Waals surface area contributed by atoms with Gasteiger partial charge in [0.05, 0.1) is 12.9 Å². The highest BCUT2D eigenvalue weighted by molar-refractivity contribution is 7.99. The molecule has 0 heterocycles. The number of carbonyl (C=O) groups is 2. The summed E-state index contributed by atoms with van der Waals surface area (Å²) < 4.78 is 5.25. The maximum atomic E-state index is 13.3. The van der Waals surface area contributed by atoms with Crippen LogP contribution in [0.15, 0.2) is 48.5 Å². The first-order chi connectivity index (χ1) is 16.0. The van der Waals surface area contributed by atoms with Gasteiger partial charge in [-0.05, 0) is 49.9 Å². The van der Waals surface area contributed by atoms with Crippen LogP contribution < -0.4 is 10.1 Å². The van der Waals surface area contributed by atoms with Gasteiger partial charge in [-0.2, -0.15) is 0 Å². The van der Waals surface area contributed by atoms with Crippen molar-refractivity contribution in [3.63, 3.8) is 0 Å². The molecule has 0 unspecified atom stereocenters. The maximum Gasteiger partial charge on any atom is 0.242 e. The van der Waals surface area contributed by atoms with Gasteiger partial charge in [0.1, 0.15) is 11.8 Å². The van der Waals surface area contributed by atoms with E-state index in [4.69, 9.17) is 4.74 Å². The molecule has 0 bridgehead atoms. The molecule has 1 atom stereocenters. The van der Waals surface area contributed by atoms with Gasteiger partial charge in [0.15, 0.2) is 0 Å². The number of carbonyl (C=O) groups excluding carboxylic acids is 2. The lowest BCUT2D eigenvalue weighted by Crippen LogP contribution is -2.50. The van der Waals surface area contributed by atoms with Gasteiger partial charge in [-0.3, -0.25) is 9.59 Å². The molecule has 0 radical (unpaired) electrons. The molecule has 5 nitrogen and oxygen atoms in total. The zero-order valence-corrected chi connectivity index (χ0v) is 20.8. The highest BCUT2D eigenvalue weighted by atomic mass is 32.2. The van der Waals surface area contributed by atoms with Crippen LogP contribution in [0.5, 0.6) is 5.75 Å². The molecule has 0 aliphatic heterocycles. The molecule has 0 saturated heterocycles. The molecule has 1 aliphatic carbocycles. The quantitative estimate of drug-likeness (QED) is 0.527. The largest absolute Gasteiger partial charge is 0.497 e. The molecule has 1 N–H and O–H groups in total. The molecular weight excluding hydrogens is 432 g/mol. The molecule has 0 aromatic heterocycles. The Labute approximate surface area is 202 Å². The topological polar surface area (TPSA) is 58.6 Å². The lowest BCUT2D eigenvalue weighted by molar-refractivity contribution is -0.139. The molecule has 1 fully saturated rings. The van der Waals surface area contributed by atoms with Gasteiger partial charge in [-0.25, -0.2) is 0 Å². The predicted octanol–water partition coefficient (Wildman–Crippen LogP) is 5.10. The summed E-state index contributed by atoms with van der Waals surface area (Å²) in [4.78, 5) is 28.0. The number of rotatable bonds is 10. The predicted molar refractivity (Wildman–Crippen MR) is 135 cm³/mol. The smallest absolute Gasteiger partial charge is 0.242 e. The van der Waals surface area contributed by atoms with Crippen molar-refractivity contribution in [3.8, 4) is 5.75 Å². The second kappa shape index (κ2) is 12.7. The first-order valence-corrected chi connectivity index (χ1v) is 13.0. The number of amides is 2. The third-order valence-corrected chi connectivity index (χ3v) is 7.20. The Morgan fingerprint density at radius 2 is 1.82 bits per heavy atom. The van der Waals surface area contributed by atoms with Crippen LogP contribution in [0.25, 0.3) is 0 Å². The van der Waals surface area contributed by atoms with Crippen molar-refractivity contribution in [1.82, 2.24) is 10.2 Å². The summed E-state index contributed by atoms with van der Waals surface area (Å²) in [5.74, 6) is 1.80. The van der Waals surface area contributed by atoms with E-state index in [9.17, 15) is 9.59 Å². The van der Waals surface area contributed by atoms with Crippen molar-refractivity contribution < 1.29 is 14.3 Å². The summed E-state index contributed by atoms with van der Waals surface area (Å²) >= 11 is 1.59. The molecule has 1 aliphatic rings. The highest BCUT2D eigenvalue weighted by Gasteiger charge is 2.28. The summed E-state index contributed by atoms with van der Waals surface area (Å²) in [6, 6.07) is 15.7. The number of nitrogens with zero attached hydrogens (tertiary/aromatic N) is 1. The monoisotopic (exact) mass is 468 g/mol. The highest BCUT2D eigenvalue weighted by Crippen LogP contribution is 2.20. The van der Waals surface area contributed by atoms with E-state index in [0.29, 0.717) is 12.3 Å². The van der Waals surface area contributed by atoms with Crippen LogP contribution in [0.2, 0.25) is 0 Å². The van der Waals surface area contributed by atoms with Gasteiger partial charge >= 0.3 is 0 Å². The van der Waals surface area contributed by atoms with Crippen LogP contribution in [0.4, 0.5) is 0 Å². The van der Waals surface area contributed by atoms with Crippen molar-refractivity contribution in [2.75, 3.05) is 12.9 Å². The van der Waals surface area contributed by atoms with Crippen molar-refractivity contribution in [2.24, 2.45) is 0 Å². The van der Waals surface area contributed by atoms with Crippen LogP contribution in [-0.2, 0) is 21.9 Å². The van der Waals surface area contributed by atoms with Gasteiger partial charge in [-0.1, -0.05) is 61.2 Å². The van der Waals surface area contributed by atoms with Crippen LogP contribution in [-0.4, -0.2) is 41.7 Å². The van der Waals surface area contributed by atoms with Gasteiger partial charge in [-0.15, -0.1) is 11.8 Å². The number of hydrogen-bond donors (Lipinski definition) is 1. The van der Waals surface area contributed by atoms with E-state index in [1.165, 1.54) is 17.5 Å². The average Bonchev–Trinajstić information content (AvgIpc) is 2.83. The third kappa shape index (κ3) is 7.81. The first kappa shape index (κ1) is 25.2. The van der Waals surface area contributed by atoms with Crippen LogP contribution in [0, 0.1) is 6.92 Å². The number of hydrogen-bond acceptors (Lipinski definition) is 4. The van der Waals surface area contributed by atoms with E-state index in [2.05, 4.69) is 30.4 Å². The molecule has 178 valence electrons. The number of nitrogens with one attached hydrogen (secondary N) is 1. The van der Waals surface area contributed by atoms with Crippen molar-refractivity contribution >= 4 is 23.6 Å². The van der Waals surface area contributed by atoms with Crippen molar-refractivity contribution in [1.29, 1.82) is 0 Å². The summed E-state index contributed by atoms with van der Waals surface area (Å²) in [5, 5.41) is 3.19. The fourth-order valence-electron chi connectivity index (χ4n) is 4.22. The van der Waals surface area contributed by atoms with E-state index in [-0.39, 0.29) is 17.9 Å². The standard InChI is InChI=1S/C27H36N2O3S/c1-20-8-7-9-23(16-20)18-33-19-26(30)29(17-22-12-14-25(32-3)15-13-22)21(2)27(31)28-24-10-5-4-6-11-24/h7-9,12-16,21,24H,4-6,10-11,17-19H2,1-3H3,(H,28,31)/t21-/m1/s1. The minimum atomic E-state index is -0.527. The molecule has 6 heteroatoms. The van der Waals surface area contributed by atoms with E-state index < -0.39 is 6.04 Å². The van der Waals surface area contributed by atoms with Crippen LogP contribution in [0.3, 0.4) is 0 Å². The SMILES string of the molecule is COc1ccc(CN(C(=O)CSCc2cccc(C)c2)[C@H](C)C(=O)NC2CCCCC2)cc1. The number of benzene rings is 2. The lowest BCUT2D eigenvalue weighted by Gasteiger charge is -2.31. The van der Waals surface area contributed by atoms with Crippen LogP contribution >= 0.6 is 11.8 Å². The number of aryl methyl sites for hydroxylation is 1. The van der Waals surface area contributed by atoms with E-state index >= 15 is 0 Å². The Kier molecular flexibility index (Phi) is 9.67. The summed E-state index contributed by atoms with van der Waals surface area (Å²) in [6.45, 7) is 4.31. The number of methoxy groups -OCH3 is 1. The Bertz CT molecular complexity index is 910. The van der Waals surface area contributed by atoms with Crippen LogP contribution in [0.1, 0.15) is 55.7 Å². The molecule has 2 amide bonds. The zero-order valence-electron chi connectivity index (χ0n) is 20.0. The summed E-state index contributed by atoms with van der Waals surface area (Å²) in [7, 11) is 1.63. The maximum absolute atomic E-state index is 13.3. The first-order valence-electron chi connectivity index (χ1n) is 11.8. The van der Waals surface area contributed by atoms with Gasteiger partial charge in [0.2, 0.25) is 11.8 Å². The van der Waals surface area contributed by atoms with Gasteiger partial charge < -0.3 is 15.0 Å². The number of ether oxygens (including phenoxy) is 1. The van der Waals surface area contributed by atoms with E-state index in [1.807, 2.05) is 37.3 Å². The minimum Gasteiger partial charge on any atom is -0.497 e. The molecular formula is C27H36N2O3S. The van der Waals surface area contributed by atoms with Crippen molar-refractivity contribution in [3.05, 3.63) is 65.2 Å². The second-order valence-corrected chi connectivity index (χ2v) is 9.86. The Morgan fingerprint density at radius 3 is 2.48 bits per heavy atom. The average molecular weight is 469 g/mol. The molecule has 33 heavy (non-hydrogen) atoms. The second-order valence-electron chi connectivity index (χ2n) is 8.87. The summed E-state index contributed by atoms with van der Waals surface area (Å²) in [5.41, 5.74) is 3.40. The fourth-order valence-corrected chi connectivity index (χ4v) is 5.08. The van der Waals surface area contributed by atoms with E-state index in [0.717, 1.165) is 42.7 Å². The third-order valence-electron chi connectivity index (χ3n) is 6.21. The Morgan fingerprint density at radius 1 is 1.09 bits per heavy atom. The van der Waals surface area contributed by atoms with E-state index in [1.54, 1.807) is 23.8 Å². The minimum absolute atomic E-state index is 0.0187. The lowest BCUT2D eigenvalue weighted by atomic mass is 9.95. The van der Waals surface area contributed by atoms with Crippen molar-refractivity contribution in [2.45, 2.75) is 70.3 Å². The van der Waals surface area contributed by atoms with Gasteiger partial charge in [0, 0.05) is 18.3 Å². The van der Waals surface area contributed by atoms with Gasteiger partial charge in [0.25, 0.3) is 0 Å². The Hall–Kier alpha value is -2.47. The molecule has 0 spiro atoms. The summed E-state index contributed by atoms with van der Waals surface area (Å²) in [6.07, 6.45) is 5.60. The zero-order chi connectivity index (χ0) is 23.6. The molecule has 3 rings (SSSR count). The molecule has 2 aromatic rings. The fraction of sp³-hybridized carbons (Fsp3) is 0.481. The molecule has 1 saturated carbocycles. The Balaban J connectivity index is 1.65. The normalized spacial score (nSPS) is 15.0.